The zero-order chi connectivity index (χ0) is 23.8. The van der Waals surface area contributed by atoms with E-state index in [1.807, 2.05) is 25.1 Å². The lowest BCUT2D eigenvalue weighted by Crippen LogP contribution is -2.53. The average Bonchev–Trinajstić information content (AvgIpc) is 2.72. The Kier molecular flexibility index (Phi) is 6.32. The summed E-state index contributed by atoms with van der Waals surface area (Å²) < 4.78 is 43.1. The lowest BCUT2D eigenvalue weighted by molar-refractivity contribution is 0.00804. The van der Waals surface area contributed by atoms with Crippen molar-refractivity contribution in [2.24, 2.45) is 5.92 Å². The molecule has 3 aromatic carbocycles. The normalized spacial score (nSPS) is 16.6. The van der Waals surface area contributed by atoms with E-state index in [0.29, 0.717) is 24.2 Å². The molecule has 170 valence electrons. The Balaban J connectivity index is 1.65. The van der Waals surface area contributed by atoms with Gasteiger partial charge in [0.1, 0.15) is 17.3 Å². The minimum Gasteiger partial charge on any atom is -0.292 e. The van der Waals surface area contributed by atoms with E-state index in [9.17, 15) is 14.0 Å². The highest BCUT2D eigenvalue weighted by molar-refractivity contribution is 5.40. The standard InChI is InChI=1S/C28H27F3N2/c1-18-7-9-20(10-8-18)27(21-6-4-5-19(11-21)15-32)33-16-23(17-33)26(28(2,3)31)22-12-24(29)14-25(30)13-22/h4-14,23,26-27H,16-17H2,1-3H3. The minimum absolute atomic E-state index is 0.0947. The van der Waals surface area contributed by atoms with Crippen LogP contribution in [-0.4, -0.2) is 23.7 Å². The molecule has 2 unspecified atom stereocenters. The first-order chi connectivity index (χ1) is 15.7. The summed E-state index contributed by atoms with van der Waals surface area (Å²) in [5.74, 6) is -2.12. The molecule has 1 fully saturated rings. The number of likely N-dealkylation sites (tertiary alicyclic amines) is 1. The van der Waals surface area contributed by atoms with Crippen LogP contribution in [-0.2, 0) is 0 Å². The second-order valence-corrected chi connectivity index (χ2v) is 9.51. The maximum atomic E-state index is 15.3. The molecule has 1 aliphatic heterocycles. The zero-order valence-electron chi connectivity index (χ0n) is 19.0. The van der Waals surface area contributed by atoms with Crippen LogP contribution in [0.25, 0.3) is 0 Å². The van der Waals surface area contributed by atoms with Gasteiger partial charge in [-0.2, -0.15) is 5.26 Å². The van der Waals surface area contributed by atoms with Gasteiger partial charge < -0.3 is 0 Å². The van der Waals surface area contributed by atoms with Crippen molar-refractivity contribution in [1.29, 1.82) is 5.26 Å². The third-order valence-corrected chi connectivity index (χ3v) is 6.48. The van der Waals surface area contributed by atoms with Crippen molar-refractivity contribution in [2.45, 2.75) is 38.4 Å². The van der Waals surface area contributed by atoms with Gasteiger partial charge in [0.15, 0.2) is 0 Å². The number of aryl methyl sites for hydroxylation is 1. The Morgan fingerprint density at radius 2 is 1.55 bits per heavy atom. The summed E-state index contributed by atoms with van der Waals surface area (Å²) in [5.41, 5.74) is 2.52. The van der Waals surface area contributed by atoms with Crippen molar-refractivity contribution in [1.82, 2.24) is 4.90 Å². The summed E-state index contributed by atoms with van der Waals surface area (Å²) in [5, 5.41) is 9.37. The highest BCUT2D eigenvalue weighted by Gasteiger charge is 2.45. The van der Waals surface area contributed by atoms with Crippen LogP contribution in [0.2, 0.25) is 0 Å². The summed E-state index contributed by atoms with van der Waals surface area (Å²) in [6.45, 7) is 6.12. The summed E-state index contributed by atoms with van der Waals surface area (Å²) >= 11 is 0. The predicted octanol–water partition coefficient (Wildman–Crippen LogP) is 6.70. The molecule has 4 rings (SSSR count). The highest BCUT2D eigenvalue weighted by Crippen LogP contribution is 2.45. The SMILES string of the molecule is Cc1ccc(C(c2cccc(C#N)c2)N2CC(C(c3cc(F)cc(F)c3)C(C)(C)F)C2)cc1. The van der Waals surface area contributed by atoms with Gasteiger partial charge in [0, 0.05) is 25.1 Å². The van der Waals surface area contributed by atoms with Gasteiger partial charge in [-0.3, -0.25) is 4.90 Å². The van der Waals surface area contributed by atoms with E-state index in [0.717, 1.165) is 22.8 Å². The number of hydrogen-bond donors (Lipinski definition) is 0. The molecule has 3 aromatic rings. The summed E-state index contributed by atoms with van der Waals surface area (Å²) in [7, 11) is 0. The van der Waals surface area contributed by atoms with Crippen LogP contribution < -0.4 is 0 Å². The van der Waals surface area contributed by atoms with Gasteiger partial charge in [-0.25, -0.2) is 13.2 Å². The maximum absolute atomic E-state index is 15.3. The minimum atomic E-state index is -1.64. The molecule has 1 saturated heterocycles. The second kappa shape index (κ2) is 9.03. The Hall–Kier alpha value is -3.10. The third-order valence-electron chi connectivity index (χ3n) is 6.48. The van der Waals surface area contributed by atoms with E-state index in [4.69, 9.17) is 0 Å². The van der Waals surface area contributed by atoms with Crippen molar-refractivity contribution in [2.75, 3.05) is 13.1 Å². The fraction of sp³-hybridized carbons (Fsp3) is 0.321. The third kappa shape index (κ3) is 4.96. The molecule has 0 saturated carbocycles. The Morgan fingerprint density at radius 3 is 2.12 bits per heavy atom. The van der Waals surface area contributed by atoms with E-state index < -0.39 is 23.2 Å². The fourth-order valence-corrected chi connectivity index (χ4v) is 5.10. The quantitative estimate of drug-likeness (QED) is 0.420. The monoisotopic (exact) mass is 448 g/mol. The number of nitrogens with zero attached hydrogens (tertiary/aromatic N) is 2. The molecule has 2 nitrogen and oxygen atoms in total. The second-order valence-electron chi connectivity index (χ2n) is 9.51. The Labute approximate surface area is 193 Å². The largest absolute Gasteiger partial charge is 0.292 e. The van der Waals surface area contributed by atoms with Crippen LogP contribution in [0.1, 0.15) is 53.6 Å². The van der Waals surface area contributed by atoms with Gasteiger partial charge in [0.05, 0.1) is 17.7 Å². The first-order valence-electron chi connectivity index (χ1n) is 11.1. The molecular formula is C28H27F3N2. The van der Waals surface area contributed by atoms with Gasteiger partial charge in [-0.1, -0.05) is 42.0 Å². The van der Waals surface area contributed by atoms with Gasteiger partial charge in [0.2, 0.25) is 0 Å². The Bertz CT molecular complexity index is 1150. The molecule has 0 aliphatic carbocycles. The van der Waals surface area contributed by atoms with Gasteiger partial charge in [0.25, 0.3) is 0 Å². The lowest BCUT2D eigenvalue weighted by Gasteiger charge is -2.50. The molecule has 0 N–H and O–H groups in total. The van der Waals surface area contributed by atoms with Crippen LogP contribution in [0.15, 0.2) is 66.7 Å². The molecule has 0 bridgehead atoms. The van der Waals surface area contributed by atoms with Gasteiger partial charge >= 0.3 is 0 Å². The van der Waals surface area contributed by atoms with Crippen LogP contribution in [0, 0.1) is 35.8 Å². The summed E-state index contributed by atoms with van der Waals surface area (Å²) in [6, 6.07) is 21.2. The number of rotatable bonds is 6. The van der Waals surface area contributed by atoms with Crippen molar-refractivity contribution in [3.05, 3.63) is 106 Å². The van der Waals surface area contributed by atoms with Crippen molar-refractivity contribution in [3.63, 3.8) is 0 Å². The zero-order valence-corrected chi connectivity index (χ0v) is 19.0. The molecular weight excluding hydrogens is 421 g/mol. The van der Waals surface area contributed by atoms with E-state index in [1.165, 1.54) is 26.0 Å². The molecule has 1 aliphatic rings. The number of alkyl halides is 1. The molecule has 0 spiro atoms. The van der Waals surface area contributed by atoms with Crippen LogP contribution in [0.3, 0.4) is 0 Å². The van der Waals surface area contributed by atoms with Crippen molar-refractivity contribution >= 4 is 0 Å². The molecule has 0 radical (unpaired) electrons. The number of halogens is 3. The Morgan fingerprint density at radius 1 is 0.909 bits per heavy atom. The fourth-order valence-electron chi connectivity index (χ4n) is 5.10. The lowest BCUT2D eigenvalue weighted by atomic mass is 9.72. The highest BCUT2D eigenvalue weighted by atomic mass is 19.1. The topological polar surface area (TPSA) is 27.0 Å². The number of hydrogen-bond acceptors (Lipinski definition) is 2. The number of nitriles is 1. The van der Waals surface area contributed by atoms with Crippen molar-refractivity contribution < 1.29 is 13.2 Å². The summed E-state index contributed by atoms with van der Waals surface area (Å²) in [4.78, 5) is 2.24. The van der Waals surface area contributed by atoms with Crippen molar-refractivity contribution in [3.8, 4) is 6.07 Å². The van der Waals surface area contributed by atoms with Gasteiger partial charge in [-0.15, -0.1) is 0 Å². The molecule has 33 heavy (non-hydrogen) atoms. The average molecular weight is 449 g/mol. The molecule has 0 aromatic heterocycles. The summed E-state index contributed by atoms with van der Waals surface area (Å²) in [6.07, 6.45) is 0. The number of benzene rings is 3. The van der Waals surface area contributed by atoms with Gasteiger partial charge in [-0.05, 0) is 67.6 Å². The van der Waals surface area contributed by atoms with Crippen LogP contribution in [0.5, 0.6) is 0 Å². The first kappa shape index (κ1) is 23.1. The smallest absolute Gasteiger partial charge is 0.126 e. The predicted molar refractivity (Wildman–Crippen MR) is 124 cm³/mol. The van der Waals surface area contributed by atoms with E-state index in [1.54, 1.807) is 6.07 Å². The van der Waals surface area contributed by atoms with Crippen LogP contribution >= 0.6 is 0 Å². The first-order valence-corrected chi connectivity index (χ1v) is 11.1. The van der Waals surface area contributed by atoms with E-state index in [2.05, 4.69) is 35.2 Å². The molecule has 0 amide bonds. The van der Waals surface area contributed by atoms with E-state index >= 15 is 4.39 Å². The maximum Gasteiger partial charge on any atom is 0.126 e. The molecule has 2 atom stereocenters. The van der Waals surface area contributed by atoms with Crippen LogP contribution in [0.4, 0.5) is 13.2 Å². The molecule has 5 heteroatoms. The molecule has 1 heterocycles. The van der Waals surface area contributed by atoms with E-state index in [-0.39, 0.29) is 12.0 Å².